The molecular formula is C27H19F13N2O2. The van der Waals surface area contributed by atoms with Crippen LogP contribution in [0.4, 0.5) is 57.1 Å². The number of oxime groups is 1. The van der Waals surface area contributed by atoms with Crippen LogP contribution in [0.25, 0.3) is 0 Å². The quantitative estimate of drug-likeness (QED) is 0.339. The van der Waals surface area contributed by atoms with Crippen molar-refractivity contribution in [3.63, 3.8) is 0 Å². The molecule has 2 atom stereocenters. The van der Waals surface area contributed by atoms with Gasteiger partial charge >= 0.3 is 24.7 Å². The second-order valence-electron chi connectivity index (χ2n) is 11.3. The van der Waals surface area contributed by atoms with Crippen LogP contribution in [-0.2, 0) is 22.8 Å². The Kier molecular flexibility index (Phi) is 7.05. The number of aryl methyl sites for hydroxylation is 1. The number of benzene rings is 2. The van der Waals surface area contributed by atoms with Crippen molar-refractivity contribution < 1.29 is 66.7 Å². The summed E-state index contributed by atoms with van der Waals surface area (Å²) >= 11 is 0. The van der Waals surface area contributed by atoms with Crippen molar-refractivity contribution >= 4 is 11.6 Å². The van der Waals surface area contributed by atoms with Crippen molar-refractivity contribution in [2.45, 2.75) is 68.5 Å². The number of amides is 1. The minimum Gasteiger partial charge on any atom is -0.374 e. The monoisotopic (exact) mass is 650 g/mol. The summed E-state index contributed by atoms with van der Waals surface area (Å²) < 4.78 is 178. The first-order valence-electron chi connectivity index (χ1n) is 12.8. The van der Waals surface area contributed by atoms with Crippen LogP contribution in [0, 0.1) is 24.6 Å². The van der Waals surface area contributed by atoms with Gasteiger partial charge in [0.2, 0.25) is 0 Å². The van der Waals surface area contributed by atoms with Gasteiger partial charge in [0, 0.05) is 16.7 Å². The number of rotatable bonds is 4. The number of hydrogen-bond acceptors (Lipinski definition) is 3. The van der Waals surface area contributed by atoms with Gasteiger partial charge < -0.3 is 10.2 Å². The first kappa shape index (κ1) is 31.9. The number of fused-ring (bicyclic) bond motifs is 1. The number of nitrogens with zero attached hydrogens (tertiary/aromatic N) is 1. The molecule has 1 aliphatic heterocycles. The molecule has 2 unspecified atom stereocenters. The Morgan fingerprint density at radius 3 is 2.05 bits per heavy atom. The largest absolute Gasteiger partial charge is 0.435 e. The number of alkyl halides is 12. The van der Waals surface area contributed by atoms with E-state index in [2.05, 4.69) is 15.3 Å². The molecule has 0 spiro atoms. The van der Waals surface area contributed by atoms with Crippen molar-refractivity contribution in [3.8, 4) is 0 Å². The molecule has 3 fully saturated rings. The van der Waals surface area contributed by atoms with E-state index in [4.69, 9.17) is 0 Å². The molecule has 4 nitrogen and oxygen atoms in total. The summed E-state index contributed by atoms with van der Waals surface area (Å²) in [4.78, 5) is 17.4. The third-order valence-electron chi connectivity index (χ3n) is 8.42. The van der Waals surface area contributed by atoms with Gasteiger partial charge in [0.1, 0.15) is 5.82 Å². The zero-order chi connectivity index (χ0) is 32.8. The average Bonchev–Trinajstić information content (AvgIpc) is 3.54. The molecule has 240 valence electrons. The Labute approximate surface area is 239 Å². The maximum absolute atomic E-state index is 15.0. The van der Waals surface area contributed by atoms with Crippen molar-refractivity contribution in [1.29, 1.82) is 0 Å². The van der Waals surface area contributed by atoms with Crippen LogP contribution in [0.3, 0.4) is 0 Å². The Balaban J connectivity index is 1.44. The summed E-state index contributed by atoms with van der Waals surface area (Å²) in [5.74, 6) is -5.56. The van der Waals surface area contributed by atoms with E-state index in [0.717, 1.165) is 18.2 Å². The summed E-state index contributed by atoms with van der Waals surface area (Å²) in [7, 11) is 0. The molecular weight excluding hydrogens is 631 g/mol. The van der Waals surface area contributed by atoms with Crippen LogP contribution >= 0.6 is 0 Å². The Bertz CT molecular complexity index is 1530. The smallest absolute Gasteiger partial charge is 0.374 e. The van der Waals surface area contributed by atoms with Crippen molar-refractivity contribution in [2.75, 3.05) is 0 Å². The lowest BCUT2D eigenvalue weighted by Gasteiger charge is -2.39. The highest BCUT2D eigenvalue weighted by Gasteiger charge is 2.65. The first-order valence-corrected chi connectivity index (χ1v) is 12.8. The van der Waals surface area contributed by atoms with E-state index >= 15 is 0 Å². The minimum atomic E-state index is -5.80. The van der Waals surface area contributed by atoms with E-state index in [1.165, 1.54) is 6.92 Å². The van der Waals surface area contributed by atoms with Crippen LogP contribution in [-0.4, -0.2) is 29.5 Å². The van der Waals surface area contributed by atoms with Gasteiger partial charge in [-0.1, -0.05) is 11.2 Å². The van der Waals surface area contributed by atoms with Gasteiger partial charge in [-0.25, -0.2) is 4.39 Å². The van der Waals surface area contributed by atoms with Gasteiger partial charge in [-0.3, -0.25) is 4.79 Å². The third-order valence-corrected chi connectivity index (χ3v) is 8.42. The maximum Gasteiger partial charge on any atom is 0.435 e. The fourth-order valence-corrected chi connectivity index (χ4v) is 6.25. The fourth-order valence-electron chi connectivity index (χ4n) is 6.25. The molecule has 1 heterocycles. The van der Waals surface area contributed by atoms with Crippen LogP contribution in [0.1, 0.15) is 63.9 Å². The molecule has 0 aromatic heterocycles. The van der Waals surface area contributed by atoms with E-state index in [1.54, 1.807) is 0 Å². The van der Waals surface area contributed by atoms with E-state index in [0.29, 0.717) is 0 Å². The normalized spacial score (nSPS) is 27.1. The summed E-state index contributed by atoms with van der Waals surface area (Å²) in [5.41, 5.74) is -12.8. The zero-order valence-corrected chi connectivity index (χ0v) is 22.0. The Morgan fingerprint density at radius 1 is 0.909 bits per heavy atom. The average molecular weight is 650 g/mol. The Hall–Kier alpha value is -3.53. The van der Waals surface area contributed by atoms with E-state index in [-0.39, 0.29) is 36.0 Å². The third kappa shape index (κ3) is 5.25. The summed E-state index contributed by atoms with van der Waals surface area (Å²) in [6, 6.07) is 2.25. The summed E-state index contributed by atoms with van der Waals surface area (Å²) in [6.07, 6.45) is -23.2. The highest BCUT2D eigenvalue weighted by Crippen LogP contribution is 2.60. The topological polar surface area (TPSA) is 50.7 Å². The van der Waals surface area contributed by atoms with Gasteiger partial charge in [0.05, 0.1) is 29.2 Å². The second kappa shape index (κ2) is 9.73. The molecule has 44 heavy (non-hydrogen) atoms. The molecule has 0 radical (unpaired) electrons. The molecule has 4 aliphatic rings. The predicted molar refractivity (Wildman–Crippen MR) is 125 cm³/mol. The lowest BCUT2D eigenvalue weighted by Crippen LogP contribution is -2.51. The van der Waals surface area contributed by atoms with E-state index in [1.807, 2.05) is 0 Å². The van der Waals surface area contributed by atoms with Crippen LogP contribution < -0.4 is 5.32 Å². The predicted octanol–water partition coefficient (Wildman–Crippen LogP) is 8.21. The van der Waals surface area contributed by atoms with Crippen molar-refractivity contribution in [1.82, 2.24) is 5.32 Å². The standard InChI is InChI=1S/C27H19F13N2O2/c1-11-4-12(2-3-15(11)21(43)41-22-7-13(8-22)18(9-22)26(35,36)37)19-10-23(44-42-19,27(38,39)40)16-5-14(24(29,30)31)6-17(20(16)28)25(32,33)34/h2-6,13,18H,7-10H2,1H3,(H,41,43). The van der Waals surface area contributed by atoms with Crippen LogP contribution in [0.15, 0.2) is 35.5 Å². The second-order valence-corrected chi connectivity index (χ2v) is 11.3. The van der Waals surface area contributed by atoms with E-state index in [9.17, 15) is 61.9 Å². The van der Waals surface area contributed by atoms with Crippen LogP contribution in [0.5, 0.6) is 0 Å². The van der Waals surface area contributed by atoms with Crippen LogP contribution in [0.2, 0.25) is 0 Å². The summed E-state index contributed by atoms with van der Waals surface area (Å²) in [5, 5.41) is 5.83. The molecule has 1 amide bonds. The lowest BCUT2D eigenvalue weighted by atomic mass is 9.76. The number of carbonyl (C=O) groups is 1. The molecule has 2 bridgehead atoms. The van der Waals surface area contributed by atoms with Gasteiger partial charge in [0.15, 0.2) is 0 Å². The maximum atomic E-state index is 15.0. The number of hydrogen-bond donors (Lipinski definition) is 1. The summed E-state index contributed by atoms with van der Waals surface area (Å²) in [6.45, 7) is 1.34. The lowest BCUT2D eigenvalue weighted by molar-refractivity contribution is -0.277. The molecule has 0 saturated heterocycles. The molecule has 2 aromatic rings. The molecule has 3 saturated carbocycles. The van der Waals surface area contributed by atoms with Gasteiger partial charge in [-0.05, 0) is 67.5 Å². The number of halogens is 13. The fraction of sp³-hybridized carbons (Fsp3) is 0.481. The van der Waals surface area contributed by atoms with Gasteiger partial charge in [-0.2, -0.15) is 52.7 Å². The molecule has 2 aromatic carbocycles. The number of carbonyl (C=O) groups excluding carboxylic acids is 1. The number of nitrogens with one attached hydrogen (secondary N) is 1. The highest BCUT2D eigenvalue weighted by atomic mass is 19.4. The highest BCUT2D eigenvalue weighted by molar-refractivity contribution is 6.03. The molecule has 17 heteroatoms. The van der Waals surface area contributed by atoms with Crippen molar-refractivity contribution in [2.24, 2.45) is 17.0 Å². The minimum absolute atomic E-state index is 0.0534. The van der Waals surface area contributed by atoms with Gasteiger partial charge in [-0.15, -0.1) is 0 Å². The first-order chi connectivity index (χ1) is 20.0. The molecule has 1 N–H and O–H groups in total. The van der Waals surface area contributed by atoms with Gasteiger partial charge in [0.25, 0.3) is 11.5 Å². The Morgan fingerprint density at radius 2 is 1.55 bits per heavy atom. The molecule has 3 aliphatic carbocycles. The SMILES string of the molecule is Cc1cc(C2=NOC(c3cc(C(F)(F)F)cc(C(F)(F)F)c3F)(C(F)(F)F)C2)ccc1C(=O)NC12CC(C1)C(C(F)(F)F)C2. The van der Waals surface area contributed by atoms with E-state index < -0.39 is 100 Å². The zero-order valence-electron chi connectivity index (χ0n) is 22.0. The molecule has 6 rings (SSSR count). The van der Waals surface area contributed by atoms with Crippen molar-refractivity contribution in [3.05, 3.63) is 69.5 Å².